The number of nitrogens with zero attached hydrogens (tertiary/aromatic N) is 2. The Labute approximate surface area is 164 Å². The van der Waals surface area contributed by atoms with Crippen LogP contribution in [0.2, 0.25) is 0 Å². The lowest BCUT2D eigenvalue weighted by atomic mass is 9.88. The topological polar surface area (TPSA) is 38.9 Å². The molecule has 3 nitrogen and oxygen atoms in total. The van der Waals surface area contributed by atoms with Gasteiger partial charge in [-0.3, -0.25) is 9.97 Å². The molecule has 0 aliphatic carbocycles. The largest absolute Gasteiger partial charge is 0.454 e. The molecule has 0 bridgehead atoms. The molecule has 27 heavy (non-hydrogen) atoms. The third-order valence-corrected chi connectivity index (χ3v) is 4.44. The Morgan fingerprint density at radius 2 is 1.81 bits per heavy atom. The quantitative estimate of drug-likeness (QED) is 0.405. The fourth-order valence-electron chi connectivity index (χ4n) is 3.21. The molecule has 0 amide bonds. The van der Waals surface area contributed by atoms with Gasteiger partial charge in [-0.25, -0.2) is 0 Å². The van der Waals surface area contributed by atoms with Gasteiger partial charge in [-0.1, -0.05) is 34.6 Å². The van der Waals surface area contributed by atoms with E-state index in [4.69, 9.17) is 8.53 Å². The van der Waals surface area contributed by atoms with Crippen LogP contribution in [0.4, 0.5) is 0 Å². The Balaban J connectivity index is 1.86. The number of benzene rings is 1. The predicted molar refractivity (Wildman–Crippen MR) is 112 cm³/mol. The van der Waals surface area contributed by atoms with Crippen molar-refractivity contribution in [3.8, 4) is 11.3 Å². The molecule has 4 rings (SSSR count). The minimum atomic E-state index is -1.49. The second-order valence-corrected chi connectivity index (χ2v) is 8.18. The molecule has 3 heteroatoms. The van der Waals surface area contributed by atoms with Crippen LogP contribution in [0, 0.1) is 5.41 Å². The number of furan rings is 1. The molecule has 0 radical (unpaired) electrons. The summed E-state index contributed by atoms with van der Waals surface area (Å²) in [6, 6.07) is 11.3. The van der Waals surface area contributed by atoms with Gasteiger partial charge in [0.25, 0.3) is 0 Å². The molecule has 0 spiro atoms. The van der Waals surface area contributed by atoms with E-state index < -0.39 is 17.7 Å². The van der Waals surface area contributed by atoms with E-state index in [0.29, 0.717) is 22.5 Å². The minimum Gasteiger partial charge on any atom is -0.454 e. The summed E-state index contributed by atoms with van der Waals surface area (Å²) in [7, 11) is 0. The average Bonchev–Trinajstić information content (AvgIpc) is 3.03. The average molecular weight is 362 g/mol. The van der Waals surface area contributed by atoms with Crippen LogP contribution in [-0.4, -0.2) is 9.97 Å². The summed E-state index contributed by atoms with van der Waals surface area (Å²) in [6.45, 7) is 9.32. The van der Waals surface area contributed by atoms with Gasteiger partial charge in [-0.05, 0) is 59.6 Å². The third kappa shape index (κ3) is 3.59. The van der Waals surface area contributed by atoms with E-state index in [2.05, 4.69) is 9.97 Å². The first-order chi connectivity index (χ1) is 13.9. The van der Waals surface area contributed by atoms with Crippen molar-refractivity contribution in [1.82, 2.24) is 9.97 Å². The maximum absolute atomic E-state index is 8.57. The highest BCUT2D eigenvalue weighted by Gasteiger charge is 2.14. The van der Waals surface area contributed by atoms with Crippen LogP contribution in [0.25, 0.3) is 33.2 Å². The van der Waals surface area contributed by atoms with Gasteiger partial charge in [-0.2, -0.15) is 0 Å². The van der Waals surface area contributed by atoms with Gasteiger partial charge >= 0.3 is 0 Å². The smallest absolute Gasteiger partial charge is 0.153 e. The monoisotopic (exact) mass is 361 g/mol. The standard InChI is InChI=1S/C24H26N2O/c1-15(2)20-12-19-18-11-17(6-7-22(18)27-23(19)14-26-20)21-10-16(8-9-25-21)13-24(3,4)5/h6-12,14-15H,13H2,1-5H3/i13D2,15D. The van der Waals surface area contributed by atoms with Crippen molar-refractivity contribution in [2.24, 2.45) is 5.41 Å². The van der Waals surface area contributed by atoms with Gasteiger partial charge in [0, 0.05) is 32.3 Å². The number of aromatic nitrogens is 2. The number of rotatable bonds is 3. The van der Waals surface area contributed by atoms with Crippen LogP contribution in [0.3, 0.4) is 0 Å². The first-order valence-corrected chi connectivity index (χ1v) is 9.18. The molecule has 0 fully saturated rings. The van der Waals surface area contributed by atoms with Crippen LogP contribution in [-0.2, 0) is 6.37 Å². The Bertz CT molecular complexity index is 1250. The highest BCUT2D eigenvalue weighted by Crippen LogP contribution is 2.33. The van der Waals surface area contributed by atoms with E-state index in [9.17, 15) is 0 Å². The highest BCUT2D eigenvalue weighted by atomic mass is 16.3. The van der Waals surface area contributed by atoms with Gasteiger partial charge in [0.2, 0.25) is 0 Å². The van der Waals surface area contributed by atoms with Crippen molar-refractivity contribution in [3.63, 3.8) is 0 Å². The summed E-state index contributed by atoms with van der Waals surface area (Å²) in [4.78, 5) is 8.87. The van der Waals surface area contributed by atoms with Crippen LogP contribution in [0.15, 0.2) is 53.2 Å². The minimum absolute atomic E-state index is 0.539. The molecular weight excluding hydrogens is 332 g/mol. The van der Waals surface area contributed by atoms with E-state index >= 15 is 0 Å². The normalized spacial score (nSPS) is 14.9. The molecule has 3 heterocycles. The Kier molecular flexibility index (Phi) is 3.46. The summed E-state index contributed by atoms with van der Waals surface area (Å²) < 4.78 is 31.4. The van der Waals surface area contributed by atoms with E-state index in [1.807, 2.05) is 65.0 Å². The summed E-state index contributed by atoms with van der Waals surface area (Å²) in [5, 5.41) is 1.85. The molecule has 0 aliphatic rings. The molecule has 0 unspecified atom stereocenters. The van der Waals surface area contributed by atoms with Gasteiger partial charge in [0.15, 0.2) is 5.58 Å². The summed E-state index contributed by atoms with van der Waals surface area (Å²) >= 11 is 0. The maximum Gasteiger partial charge on any atom is 0.153 e. The molecule has 4 aromatic rings. The molecular formula is C24H26N2O. The summed E-state index contributed by atoms with van der Waals surface area (Å²) in [6.07, 6.45) is 1.85. The summed E-state index contributed by atoms with van der Waals surface area (Å²) in [5.41, 5.74) is 3.79. The lowest BCUT2D eigenvalue weighted by molar-refractivity contribution is 0.411. The molecule has 3 aromatic heterocycles. The Morgan fingerprint density at radius 3 is 2.56 bits per heavy atom. The van der Waals surface area contributed by atoms with E-state index in [1.165, 1.54) is 0 Å². The molecule has 0 saturated carbocycles. The van der Waals surface area contributed by atoms with Crippen LogP contribution in [0.1, 0.15) is 55.9 Å². The van der Waals surface area contributed by atoms with Crippen molar-refractivity contribution in [1.29, 1.82) is 0 Å². The van der Waals surface area contributed by atoms with Crippen molar-refractivity contribution >= 4 is 21.9 Å². The molecule has 1 aromatic carbocycles. The number of hydrogen-bond acceptors (Lipinski definition) is 3. The lowest BCUT2D eigenvalue weighted by Crippen LogP contribution is -2.09. The SMILES string of the molecule is [2H]C(C)(C)c1cc2c(cn1)oc1ccc(-c3cc(C([2H])([2H])C(C)(C)C)ccn3)cc12. The molecule has 138 valence electrons. The maximum atomic E-state index is 8.57. The predicted octanol–water partition coefficient (Wildman–Crippen LogP) is 6.76. The molecule has 0 N–H and O–H groups in total. The zero-order valence-electron chi connectivity index (χ0n) is 19.4. The zero-order valence-corrected chi connectivity index (χ0v) is 16.4. The van der Waals surface area contributed by atoms with Gasteiger partial charge in [-0.15, -0.1) is 0 Å². The Hall–Kier alpha value is -2.68. The fourth-order valence-corrected chi connectivity index (χ4v) is 3.21. The first kappa shape index (κ1) is 14.4. The first-order valence-electron chi connectivity index (χ1n) is 10.7. The molecule has 0 aliphatic heterocycles. The van der Waals surface area contributed by atoms with E-state index in [0.717, 1.165) is 21.9 Å². The van der Waals surface area contributed by atoms with Gasteiger partial charge in [0.05, 0.1) is 11.9 Å². The zero-order chi connectivity index (χ0) is 21.9. The van der Waals surface area contributed by atoms with Crippen LogP contribution in [0.5, 0.6) is 0 Å². The highest BCUT2D eigenvalue weighted by molar-refractivity contribution is 6.06. The Morgan fingerprint density at radius 1 is 1.04 bits per heavy atom. The van der Waals surface area contributed by atoms with Crippen molar-refractivity contribution in [2.75, 3.05) is 0 Å². The number of fused-ring (bicyclic) bond motifs is 3. The molecule has 0 atom stereocenters. The van der Waals surface area contributed by atoms with Crippen molar-refractivity contribution < 1.29 is 8.53 Å². The molecule has 0 saturated heterocycles. The second-order valence-electron chi connectivity index (χ2n) is 8.18. The van der Waals surface area contributed by atoms with E-state index in [1.54, 1.807) is 18.5 Å². The fraction of sp³-hybridized carbons (Fsp3) is 0.333. The second kappa shape index (κ2) is 6.49. The number of pyridine rings is 2. The third-order valence-electron chi connectivity index (χ3n) is 4.44. The van der Waals surface area contributed by atoms with Crippen molar-refractivity contribution in [2.45, 2.75) is 46.9 Å². The number of hydrogen-bond donors (Lipinski definition) is 0. The van der Waals surface area contributed by atoms with Gasteiger partial charge < -0.3 is 4.42 Å². The lowest BCUT2D eigenvalue weighted by Gasteiger charge is -2.18. The van der Waals surface area contributed by atoms with Gasteiger partial charge in [0.1, 0.15) is 5.58 Å². The van der Waals surface area contributed by atoms with Crippen LogP contribution >= 0.6 is 0 Å². The van der Waals surface area contributed by atoms with Crippen LogP contribution < -0.4 is 0 Å². The van der Waals surface area contributed by atoms with E-state index in [-0.39, 0.29) is 0 Å². The van der Waals surface area contributed by atoms with Crippen molar-refractivity contribution in [3.05, 3.63) is 60.0 Å². The summed E-state index contributed by atoms with van der Waals surface area (Å²) in [5.74, 6) is -0.802.